The summed E-state index contributed by atoms with van der Waals surface area (Å²) in [5.74, 6) is 2.56. The summed E-state index contributed by atoms with van der Waals surface area (Å²) in [7, 11) is 0. The summed E-state index contributed by atoms with van der Waals surface area (Å²) in [6.45, 7) is 6.13. The van der Waals surface area contributed by atoms with Crippen molar-refractivity contribution in [3.63, 3.8) is 0 Å². The van der Waals surface area contributed by atoms with Crippen LogP contribution in [0, 0.1) is 12.3 Å². The Balaban J connectivity index is 3.64. The summed E-state index contributed by atoms with van der Waals surface area (Å²) in [5, 5.41) is 5.75. The van der Waals surface area contributed by atoms with Crippen LogP contribution in [0.2, 0.25) is 0 Å². The van der Waals surface area contributed by atoms with Gasteiger partial charge in [0.15, 0.2) is 0 Å². The summed E-state index contributed by atoms with van der Waals surface area (Å²) in [4.78, 5) is 11.1. The molecule has 0 saturated carbocycles. The van der Waals surface area contributed by atoms with E-state index in [9.17, 15) is 4.79 Å². The minimum atomic E-state index is -0.0105. The zero-order chi connectivity index (χ0) is 10.3. The van der Waals surface area contributed by atoms with E-state index in [1.807, 2.05) is 20.8 Å². The summed E-state index contributed by atoms with van der Waals surface area (Å²) in [6.07, 6.45) is 6.07. The number of carbonyl (C=O) groups excluding carboxylic acids is 1. The molecule has 0 aliphatic rings. The Morgan fingerprint density at radius 2 is 2.15 bits per heavy atom. The van der Waals surface area contributed by atoms with Crippen LogP contribution >= 0.6 is 0 Å². The van der Waals surface area contributed by atoms with E-state index < -0.39 is 0 Å². The lowest BCUT2D eigenvalue weighted by Crippen LogP contribution is -2.40. The zero-order valence-corrected chi connectivity index (χ0v) is 8.55. The molecule has 0 saturated heterocycles. The maximum absolute atomic E-state index is 11.1. The average molecular weight is 182 g/mol. The number of hydrogen-bond acceptors (Lipinski definition) is 2. The fourth-order valence-electron chi connectivity index (χ4n) is 0.910. The van der Waals surface area contributed by atoms with Gasteiger partial charge in [-0.2, -0.15) is 0 Å². The maximum Gasteiger partial charge on any atom is 0.234 e. The Bertz CT molecular complexity index is 194. The lowest BCUT2D eigenvalue weighted by molar-refractivity contribution is -0.120. The number of carbonyl (C=O) groups is 1. The van der Waals surface area contributed by atoms with E-state index in [1.54, 1.807) is 0 Å². The molecule has 0 radical (unpaired) electrons. The molecule has 0 aromatic carbocycles. The van der Waals surface area contributed by atoms with Crippen LogP contribution in [0.3, 0.4) is 0 Å². The molecule has 1 atom stereocenters. The van der Waals surface area contributed by atoms with Gasteiger partial charge in [0.1, 0.15) is 0 Å². The van der Waals surface area contributed by atoms with Gasteiger partial charge < -0.3 is 5.32 Å². The standard InChI is InChI=1S/C10H18N2O/c1-5-9(6-2)11-7-10(13)12-8(3)4/h1,8-9,11H,6-7H2,2-4H3,(H,12,13). The highest BCUT2D eigenvalue weighted by Gasteiger charge is 2.05. The van der Waals surface area contributed by atoms with E-state index in [4.69, 9.17) is 6.42 Å². The van der Waals surface area contributed by atoms with Crippen molar-refractivity contribution in [2.45, 2.75) is 39.3 Å². The first kappa shape index (κ1) is 12.0. The summed E-state index contributed by atoms with van der Waals surface area (Å²) in [6, 6.07) is 0.179. The van der Waals surface area contributed by atoms with Gasteiger partial charge in [-0.25, -0.2) is 0 Å². The molecule has 0 spiro atoms. The summed E-state index contributed by atoms with van der Waals surface area (Å²) < 4.78 is 0. The number of terminal acetylenes is 1. The Hall–Kier alpha value is -1.01. The first-order chi connectivity index (χ1) is 6.10. The molecule has 2 N–H and O–H groups in total. The highest BCUT2D eigenvalue weighted by Crippen LogP contribution is 1.86. The molecule has 0 rings (SSSR count). The van der Waals surface area contributed by atoms with E-state index in [-0.39, 0.29) is 18.0 Å². The summed E-state index contributed by atoms with van der Waals surface area (Å²) in [5.41, 5.74) is 0. The Kier molecular flexibility index (Phi) is 5.99. The average Bonchev–Trinajstić information content (AvgIpc) is 2.05. The van der Waals surface area contributed by atoms with Crippen molar-refractivity contribution in [3.8, 4) is 12.3 Å². The molecule has 3 nitrogen and oxygen atoms in total. The number of nitrogens with one attached hydrogen (secondary N) is 2. The van der Waals surface area contributed by atoms with Crippen molar-refractivity contribution in [3.05, 3.63) is 0 Å². The second kappa shape index (κ2) is 6.50. The van der Waals surface area contributed by atoms with Crippen molar-refractivity contribution in [1.29, 1.82) is 0 Å². The first-order valence-electron chi connectivity index (χ1n) is 4.59. The van der Waals surface area contributed by atoms with Crippen LogP contribution in [-0.4, -0.2) is 24.5 Å². The Labute approximate surface area is 80.3 Å². The molecule has 0 aliphatic heterocycles. The van der Waals surface area contributed by atoms with Crippen LogP contribution in [0.15, 0.2) is 0 Å². The normalized spacial score (nSPS) is 12.2. The van der Waals surface area contributed by atoms with Crippen LogP contribution in [-0.2, 0) is 4.79 Å². The molecule has 0 bridgehead atoms. The van der Waals surface area contributed by atoms with Crippen molar-refractivity contribution >= 4 is 5.91 Å². The van der Waals surface area contributed by atoms with E-state index >= 15 is 0 Å². The van der Waals surface area contributed by atoms with Gasteiger partial charge in [0.05, 0.1) is 12.6 Å². The SMILES string of the molecule is C#CC(CC)NCC(=O)NC(C)C. The lowest BCUT2D eigenvalue weighted by atomic mass is 10.2. The van der Waals surface area contributed by atoms with E-state index in [1.165, 1.54) is 0 Å². The molecule has 0 aromatic heterocycles. The van der Waals surface area contributed by atoms with Gasteiger partial charge in [-0.3, -0.25) is 10.1 Å². The van der Waals surface area contributed by atoms with Crippen molar-refractivity contribution in [2.75, 3.05) is 6.54 Å². The second-order valence-corrected chi connectivity index (χ2v) is 3.23. The quantitative estimate of drug-likeness (QED) is 0.608. The molecule has 3 heteroatoms. The molecular formula is C10H18N2O. The van der Waals surface area contributed by atoms with Gasteiger partial charge in [-0.1, -0.05) is 12.8 Å². The molecule has 0 fully saturated rings. The number of amides is 1. The van der Waals surface area contributed by atoms with Gasteiger partial charge in [0, 0.05) is 6.04 Å². The van der Waals surface area contributed by atoms with Gasteiger partial charge in [0.2, 0.25) is 5.91 Å². The third-order valence-electron chi connectivity index (χ3n) is 1.57. The fourth-order valence-corrected chi connectivity index (χ4v) is 0.910. The monoisotopic (exact) mass is 182 g/mol. The van der Waals surface area contributed by atoms with Crippen LogP contribution in [0.5, 0.6) is 0 Å². The van der Waals surface area contributed by atoms with Crippen LogP contribution in [0.25, 0.3) is 0 Å². The third-order valence-corrected chi connectivity index (χ3v) is 1.57. The van der Waals surface area contributed by atoms with Gasteiger partial charge >= 0.3 is 0 Å². The lowest BCUT2D eigenvalue weighted by Gasteiger charge is -2.12. The zero-order valence-electron chi connectivity index (χ0n) is 8.55. The molecule has 1 amide bonds. The Morgan fingerprint density at radius 3 is 2.54 bits per heavy atom. The van der Waals surface area contributed by atoms with Gasteiger partial charge in [-0.05, 0) is 20.3 Å². The van der Waals surface area contributed by atoms with Crippen LogP contribution in [0.1, 0.15) is 27.2 Å². The van der Waals surface area contributed by atoms with E-state index in [0.717, 1.165) is 6.42 Å². The molecule has 0 aliphatic carbocycles. The minimum Gasteiger partial charge on any atom is -0.353 e. The highest BCUT2D eigenvalue weighted by atomic mass is 16.1. The predicted molar refractivity (Wildman–Crippen MR) is 54.2 cm³/mol. The van der Waals surface area contributed by atoms with Crippen molar-refractivity contribution < 1.29 is 4.79 Å². The molecule has 13 heavy (non-hydrogen) atoms. The third kappa shape index (κ3) is 6.18. The molecular weight excluding hydrogens is 164 g/mol. The number of rotatable bonds is 5. The van der Waals surface area contributed by atoms with E-state index in [0.29, 0.717) is 6.54 Å². The molecule has 0 aromatic rings. The smallest absolute Gasteiger partial charge is 0.234 e. The topological polar surface area (TPSA) is 41.1 Å². The van der Waals surface area contributed by atoms with Crippen molar-refractivity contribution in [2.24, 2.45) is 0 Å². The van der Waals surface area contributed by atoms with Crippen molar-refractivity contribution in [1.82, 2.24) is 10.6 Å². The maximum atomic E-state index is 11.1. The van der Waals surface area contributed by atoms with Crippen LogP contribution < -0.4 is 10.6 Å². The molecule has 0 heterocycles. The Morgan fingerprint density at radius 1 is 1.54 bits per heavy atom. The predicted octanol–water partition coefficient (Wildman–Crippen LogP) is 0.512. The summed E-state index contributed by atoms with van der Waals surface area (Å²) >= 11 is 0. The molecule has 74 valence electrons. The minimum absolute atomic E-state index is 0.00193. The van der Waals surface area contributed by atoms with Crippen LogP contribution in [0.4, 0.5) is 0 Å². The fraction of sp³-hybridized carbons (Fsp3) is 0.700. The number of hydrogen-bond donors (Lipinski definition) is 2. The molecule has 1 unspecified atom stereocenters. The largest absolute Gasteiger partial charge is 0.353 e. The van der Waals surface area contributed by atoms with E-state index in [2.05, 4.69) is 16.6 Å². The van der Waals surface area contributed by atoms with Gasteiger partial charge in [0.25, 0.3) is 0 Å². The highest BCUT2D eigenvalue weighted by molar-refractivity contribution is 5.78. The first-order valence-corrected chi connectivity index (χ1v) is 4.59. The van der Waals surface area contributed by atoms with Gasteiger partial charge in [-0.15, -0.1) is 6.42 Å². The second-order valence-electron chi connectivity index (χ2n) is 3.23.